The van der Waals surface area contributed by atoms with Crippen LogP contribution in [0.3, 0.4) is 0 Å². The maximum absolute atomic E-state index is 5.53. The fourth-order valence-electron chi connectivity index (χ4n) is 3.90. The average Bonchev–Trinajstić information content (AvgIpc) is 2.75. The van der Waals surface area contributed by atoms with E-state index in [4.69, 9.17) is 9.47 Å². The summed E-state index contributed by atoms with van der Waals surface area (Å²) < 4.78 is 10.8. The summed E-state index contributed by atoms with van der Waals surface area (Å²) in [6, 6.07) is 8.99. The molecule has 2 atom stereocenters. The summed E-state index contributed by atoms with van der Waals surface area (Å²) in [5, 5.41) is 7.07. The van der Waals surface area contributed by atoms with Gasteiger partial charge in [-0.05, 0) is 44.1 Å². The number of likely N-dealkylation sites (N-methyl/N-ethyl adjacent to an activating group) is 1. The highest BCUT2D eigenvalue weighted by atomic mass is 16.5. The lowest BCUT2D eigenvalue weighted by atomic mass is 10.0. The number of methoxy groups -OCH3 is 1. The number of ether oxygens (including phenoxy) is 2. The molecular formula is C23H41N5O2. The zero-order valence-electron chi connectivity index (χ0n) is 19.6. The quantitative estimate of drug-likeness (QED) is 0.448. The molecule has 0 aromatic heterocycles. The van der Waals surface area contributed by atoms with E-state index in [1.165, 1.54) is 5.56 Å². The molecule has 1 heterocycles. The minimum atomic E-state index is 0.236. The molecule has 1 aromatic rings. The first-order valence-electron chi connectivity index (χ1n) is 11.0. The molecule has 170 valence electrons. The van der Waals surface area contributed by atoms with Crippen LogP contribution >= 0.6 is 0 Å². The fourth-order valence-corrected chi connectivity index (χ4v) is 3.90. The lowest BCUT2D eigenvalue weighted by Crippen LogP contribution is -2.51. The first kappa shape index (κ1) is 24.4. The summed E-state index contributed by atoms with van der Waals surface area (Å²) in [6.45, 7) is 9.89. The maximum Gasteiger partial charge on any atom is 0.191 e. The van der Waals surface area contributed by atoms with Crippen molar-refractivity contribution in [3.63, 3.8) is 0 Å². The lowest BCUT2D eigenvalue weighted by molar-refractivity contribution is 0.0132. The van der Waals surface area contributed by atoms with E-state index in [0.29, 0.717) is 12.0 Å². The topological polar surface area (TPSA) is 61.4 Å². The second kappa shape index (κ2) is 12.8. The number of guanidine groups is 1. The Balaban J connectivity index is 1.93. The predicted octanol–water partition coefficient (Wildman–Crippen LogP) is 2.21. The minimum Gasteiger partial charge on any atom is -0.497 e. The van der Waals surface area contributed by atoms with Crippen molar-refractivity contribution in [1.29, 1.82) is 0 Å². The molecule has 1 saturated heterocycles. The van der Waals surface area contributed by atoms with Crippen LogP contribution in [0.25, 0.3) is 0 Å². The zero-order valence-corrected chi connectivity index (χ0v) is 19.6. The second-order valence-electron chi connectivity index (χ2n) is 8.52. The largest absolute Gasteiger partial charge is 0.497 e. The van der Waals surface area contributed by atoms with Crippen LogP contribution in [-0.2, 0) is 4.74 Å². The summed E-state index contributed by atoms with van der Waals surface area (Å²) in [7, 11) is 7.73. The summed E-state index contributed by atoms with van der Waals surface area (Å²) in [5.74, 6) is 2.38. The Morgan fingerprint density at radius 1 is 1.13 bits per heavy atom. The molecule has 0 bridgehead atoms. The second-order valence-corrected chi connectivity index (χ2v) is 8.52. The van der Waals surface area contributed by atoms with E-state index in [1.54, 1.807) is 7.11 Å². The van der Waals surface area contributed by atoms with Crippen LogP contribution in [0.5, 0.6) is 5.75 Å². The van der Waals surface area contributed by atoms with Crippen LogP contribution < -0.4 is 15.4 Å². The van der Waals surface area contributed by atoms with E-state index < -0.39 is 0 Å². The van der Waals surface area contributed by atoms with Crippen molar-refractivity contribution in [3.8, 4) is 5.75 Å². The standard InChI is InChI=1S/C23H41N5O2/c1-18(2)15-20(28-11-13-30-14-12-28)16-25-23(24-3)26-17-22(27(4)5)19-7-9-21(29-6)10-8-19/h7-10,18,20,22H,11-17H2,1-6H3,(H2,24,25,26). The molecule has 1 aromatic carbocycles. The van der Waals surface area contributed by atoms with Crippen LogP contribution in [0.15, 0.2) is 29.3 Å². The predicted molar refractivity (Wildman–Crippen MR) is 124 cm³/mol. The van der Waals surface area contributed by atoms with Gasteiger partial charge in [-0.1, -0.05) is 26.0 Å². The van der Waals surface area contributed by atoms with Crippen molar-refractivity contribution < 1.29 is 9.47 Å². The van der Waals surface area contributed by atoms with Gasteiger partial charge < -0.3 is 25.0 Å². The van der Waals surface area contributed by atoms with E-state index >= 15 is 0 Å². The molecule has 0 radical (unpaired) electrons. The Bertz CT molecular complexity index is 627. The monoisotopic (exact) mass is 419 g/mol. The number of nitrogens with one attached hydrogen (secondary N) is 2. The maximum atomic E-state index is 5.53. The molecule has 2 N–H and O–H groups in total. The van der Waals surface area contributed by atoms with E-state index in [-0.39, 0.29) is 6.04 Å². The molecule has 0 saturated carbocycles. The van der Waals surface area contributed by atoms with Crippen molar-refractivity contribution >= 4 is 5.96 Å². The van der Waals surface area contributed by atoms with Crippen LogP contribution in [0.4, 0.5) is 0 Å². The van der Waals surface area contributed by atoms with Gasteiger partial charge in [0, 0.05) is 39.3 Å². The first-order valence-corrected chi connectivity index (χ1v) is 11.0. The third-order valence-corrected chi connectivity index (χ3v) is 5.62. The first-order chi connectivity index (χ1) is 14.4. The van der Waals surface area contributed by atoms with Gasteiger partial charge >= 0.3 is 0 Å². The van der Waals surface area contributed by atoms with Crippen molar-refractivity contribution in [1.82, 2.24) is 20.4 Å². The number of benzene rings is 1. The average molecular weight is 420 g/mol. The molecule has 0 amide bonds. The van der Waals surface area contributed by atoms with Gasteiger partial charge in [-0.25, -0.2) is 0 Å². The number of hydrogen-bond donors (Lipinski definition) is 2. The van der Waals surface area contributed by atoms with E-state index in [0.717, 1.165) is 57.5 Å². The minimum absolute atomic E-state index is 0.236. The summed E-state index contributed by atoms with van der Waals surface area (Å²) in [5.41, 5.74) is 1.25. The Kier molecular flexibility index (Phi) is 10.4. The Labute approximate surface area is 182 Å². The van der Waals surface area contributed by atoms with Crippen molar-refractivity contribution in [2.45, 2.75) is 32.4 Å². The third kappa shape index (κ3) is 7.78. The molecule has 0 spiro atoms. The van der Waals surface area contributed by atoms with Crippen LogP contribution in [0.1, 0.15) is 31.9 Å². The van der Waals surface area contributed by atoms with E-state index in [2.05, 4.69) is 65.5 Å². The van der Waals surface area contributed by atoms with Gasteiger partial charge in [0.1, 0.15) is 5.75 Å². The van der Waals surface area contributed by atoms with Crippen molar-refractivity contribution in [3.05, 3.63) is 29.8 Å². The van der Waals surface area contributed by atoms with Crippen LogP contribution in [-0.4, -0.2) is 89.4 Å². The van der Waals surface area contributed by atoms with Gasteiger partial charge in [0.05, 0.1) is 26.4 Å². The highest BCUT2D eigenvalue weighted by Gasteiger charge is 2.22. The SMILES string of the molecule is CN=C(NCC(c1ccc(OC)cc1)N(C)C)NCC(CC(C)C)N1CCOCC1. The zero-order chi connectivity index (χ0) is 21.9. The van der Waals surface area contributed by atoms with E-state index in [1.807, 2.05) is 19.2 Å². The van der Waals surface area contributed by atoms with Crippen LogP contribution in [0, 0.1) is 5.92 Å². The number of rotatable bonds is 10. The molecule has 30 heavy (non-hydrogen) atoms. The summed E-state index contributed by atoms with van der Waals surface area (Å²) >= 11 is 0. The van der Waals surface area contributed by atoms with Crippen molar-refractivity contribution in [2.75, 3.05) is 67.6 Å². The van der Waals surface area contributed by atoms with E-state index in [9.17, 15) is 0 Å². The molecule has 2 unspecified atom stereocenters. The smallest absolute Gasteiger partial charge is 0.191 e. The third-order valence-electron chi connectivity index (χ3n) is 5.62. The number of nitrogens with zero attached hydrogens (tertiary/aromatic N) is 3. The highest BCUT2D eigenvalue weighted by molar-refractivity contribution is 5.79. The Hall–Kier alpha value is -1.83. The molecule has 7 nitrogen and oxygen atoms in total. The normalized spacial score (nSPS) is 17.8. The van der Waals surface area contributed by atoms with Gasteiger partial charge in [0.25, 0.3) is 0 Å². The highest BCUT2D eigenvalue weighted by Crippen LogP contribution is 2.20. The van der Waals surface area contributed by atoms with Gasteiger partial charge in [0.15, 0.2) is 5.96 Å². The van der Waals surface area contributed by atoms with Gasteiger partial charge in [0.2, 0.25) is 0 Å². The molecular weight excluding hydrogens is 378 g/mol. The van der Waals surface area contributed by atoms with Gasteiger partial charge in [-0.2, -0.15) is 0 Å². The molecule has 2 rings (SSSR count). The molecule has 1 aliphatic heterocycles. The number of morpholine rings is 1. The summed E-state index contributed by atoms with van der Waals surface area (Å²) in [4.78, 5) is 9.21. The molecule has 7 heteroatoms. The molecule has 1 aliphatic rings. The molecule has 0 aliphatic carbocycles. The Morgan fingerprint density at radius 2 is 1.77 bits per heavy atom. The number of aliphatic imine (C=N–C) groups is 1. The fraction of sp³-hybridized carbons (Fsp3) is 0.696. The lowest BCUT2D eigenvalue weighted by Gasteiger charge is -2.36. The Morgan fingerprint density at radius 3 is 2.30 bits per heavy atom. The van der Waals surface area contributed by atoms with Crippen molar-refractivity contribution in [2.24, 2.45) is 10.9 Å². The van der Waals surface area contributed by atoms with Gasteiger partial charge in [-0.3, -0.25) is 9.89 Å². The van der Waals surface area contributed by atoms with Crippen LogP contribution in [0.2, 0.25) is 0 Å². The van der Waals surface area contributed by atoms with Gasteiger partial charge in [-0.15, -0.1) is 0 Å². The summed E-state index contributed by atoms with van der Waals surface area (Å²) in [6.07, 6.45) is 1.16. The molecule has 1 fully saturated rings. The number of hydrogen-bond acceptors (Lipinski definition) is 5.